The number of anilines is 2. The minimum absolute atomic E-state index is 0.433. The Morgan fingerprint density at radius 3 is 2.76 bits per heavy atom. The highest BCUT2D eigenvalue weighted by Crippen LogP contribution is 2.18. The molecule has 21 heavy (non-hydrogen) atoms. The number of aromatic nitrogens is 4. The molecule has 0 saturated carbocycles. The fourth-order valence-electron chi connectivity index (χ4n) is 2.26. The highest BCUT2D eigenvalue weighted by molar-refractivity contribution is 5.82. The molecule has 1 aromatic carbocycles. The van der Waals surface area contributed by atoms with Crippen LogP contribution in [0.1, 0.15) is 16.7 Å². The molecule has 2 heterocycles. The maximum absolute atomic E-state index is 5.96. The van der Waals surface area contributed by atoms with Crippen molar-refractivity contribution < 1.29 is 0 Å². The second kappa shape index (κ2) is 5.05. The largest absolute Gasteiger partial charge is 0.382 e. The first kappa shape index (κ1) is 13.4. The maximum Gasteiger partial charge on any atom is 0.227 e. The molecule has 0 radical (unpaired) electrons. The van der Waals surface area contributed by atoms with E-state index in [2.05, 4.69) is 52.3 Å². The predicted molar refractivity (Wildman–Crippen MR) is 84.0 cm³/mol. The van der Waals surface area contributed by atoms with Gasteiger partial charge >= 0.3 is 0 Å². The molecule has 0 spiro atoms. The number of hydrogen-bond acceptors (Lipinski definition) is 5. The zero-order chi connectivity index (χ0) is 15.0. The second-order valence-corrected chi connectivity index (χ2v) is 5.23. The van der Waals surface area contributed by atoms with E-state index in [1.54, 1.807) is 6.33 Å². The number of nitrogens with one attached hydrogen (secondary N) is 1. The van der Waals surface area contributed by atoms with Gasteiger partial charge in [0.2, 0.25) is 5.95 Å². The van der Waals surface area contributed by atoms with E-state index in [4.69, 9.17) is 5.73 Å². The second-order valence-electron chi connectivity index (χ2n) is 5.23. The lowest BCUT2D eigenvalue weighted by Gasteiger charge is -2.08. The van der Waals surface area contributed by atoms with E-state index in [0.717, 1.165) is 5.52 Å². The third-order valence-corrected chi connectivity index (χ3v) is 3.62. The van der Waals surface area contributed by atoms with E-state index in [9.17, 15) is 0 Å². The van der Waals surface area contributed by atoms with Crippen LogP contribution < -0.4 is 11.1 Å². The summed E-state index contributed by atoms with van der Waals surface area (Å²) in [5, 5.41) is 3.20. The van der Waals surface area contributed by atoms with Gasteiger partial charge in [-0.25, -0.2) is 4.98 Å². The Kier molecular flexibility index (Phi) is 3.21. The first-order valence-corrected chi connectivity index (χ1v) is 6.79. The number of benzene rings is 1. The van der Waals surface area contributed by atoms with E-state index in [1.165, 1.54) is 16.7 Å². The van der Waals surface area contributed by atoms with Crippen molar-refractivity contribution in [2.75, 3.05) is 11.1 Å². The van der Waals surface area contributed by atoms with Crippen LogP contribution in [0.4, 0.5) is 11.8 Å². The topological polar surface area (TPSA) is 81.6 Å². The molecule has 3 N–H and O–H groups in total. The van der Waals surface area contributed by atoms with E-state index >= 15 is 0 Å². The Hall–Kier alpha value is -2.63. The lowest BCUT2D eigenvalue weighted by molar-refractivity contribution is 0.946. The SMILES string of the molecule is Cc1ccc(CNc2nc(N)c3c(ncn3C)n2)cc1C. The van der Waals surface area contributed by atoms with Gasteiger partial charge < -0.3 is 15.6 Å². The van der Waals surface area contributed by atoms with Crippen LogP contribution in [-0.4, -0.2) is 19.5 Å². The molecule has 3 rings (SSSR count). The normalized spacial score (nSPS) is 11.0. The van der Waals surface area contributed by atoms with E-state index in [-0.39, 0.29) is 0 Å². The standard InChI is InChI=1S/C15H18N6/c1-9-4-5-11(6-10(9)2)7-17-15-19-13(16)12-14(20-15)18-8-21(12)3/h4-6,8H,7H2,1-3H3,(H3,16,17,19,20). The van der Waals surface area contributed by atoms with Crippen LogP contribution in [-0.2, 0) is 13.6 Å². The van der Waals surface area contributed by atoms with Crippen molar-refractivity contribution in [1.29, 1.82) is 0 Å². The van der Waals surface area contributed by atoms with Crippen molar-refractivity contribution in [3.05, 3.63) is 41.2 Å². The molecule has 0 atom stereocenters. The summed E-state index contributed by atoms with van der Waals surface area (Å²) in [6.07, 6.45) is 1.68. The molecule has 108 valence electrons. The minimum atomic E-state index is 0.433. The molecule has 0 saturated heterocycles. The van der Waals surface area contributed by atoms with Gasteiger partial charge in [-0.3, -0.25) is 0 Å². The Balaban J connectivity index is 1.83. The summed E-state index contributed by atoms with van der Waals surface area (Å²) < 4.78 is 1.82. The van der Waals surface area contributed by atoms with Gasteiger partial charge in [-0.05, 0) is 30.5 Å². The van der Waals surface area contributed by atoms with Crippen LogP contribution in [0.5, 0.6) is 0 Å². The molecule has 2 aromatic heterocycles. The number of nitrogen functional groups attached to an aromatic ring is 1. The molecule has 0 bridgehead atoms. The lowest BCUT2D eigenvalue weighted by Crippen LogP contribution is -2.06. The zero-order valence-electron chi connectivity index (χ0n) is 12.4. The van der Waals surface area contributed by atoms with Gasteiger partial charge in [0.05, 0.1) is 6.33 Å². The first-order valence-electron chi connectivity index (χ1n) is 6.79. The molecule has 6 nitrogen and oxygen atoms in total. The van der Waals surface area contributed by atoms with Gasteiger partial charge in [0.25, 0.3) is 0 Å². The molecule has 0 unspecified atom stereocenters. The third-order valence-electron chi connectivity index (χ3n) is 3.62. The molecule has 3 aromatic rings. The van der Waals surface area contributed by atoms with Gasteiger partial charge in [-0.15, -0.1) is 0 Å². The lowest BCUT2D eigenvalue weighted by atomic mass is 10.1. The number of rotatable bonds is 3. The summed E-state index contributed by atoms with van der Waals surface area (Å²) in [6.45, 7) is 4.86. The summed E-state index contributed by atoms with van der Waals surface area (Å²) in [5.74, 6) is 0.930. The smallest absolute Gasteiger partial charge is 0.227 e. The highest BCUT2D eigenvalue weighted by Gasteiger charge is 2.09. The van der Waals surface area contributed by atoms with Gasteiger partial charge in [-0.1, -0.05) is 18.2 Å². The van der Waals surface area contributed by atoms with Crippen molar-refractivity contribution in [3.8, 4) is 0 Å². The average molecular weight is 282 g/mol. The number of fused-ring (bicyclic) bond motifs is 1. The van der Waals surface area contributed by atoms with E-state index in [1.807, 2.05) is 11.6 Å². The average Bonchev–Trinajstić information content (AvgIpc) is 2.82. The Labute approximate surface area is 123 Å². The van der Waals surface area contributed by atoms with Gasteiger partial charge in [0, 0.05) is 13.6 Å². The van der Waals surface area contributed by atoms with E-state index < -0.39 is 0 Å². The van der Waals surface area contributed by atoms with Gasteiger partial charge in [0.15, 0.2) is 11.5 Å². The van der Waals surface area contributed by atoms with Crippen LogP contribution in [0.25, 0.3) is 11.2 Å². The van der Waals surface area contributed by atoms with Crippen molar-refractivity contribution in [3.63, 3.8) is 0 Å². The number of hydrogen-bond donors (Lipinski definition) is 2. The molecule has 6 heteroatoms. The summed E-state index contributed by atoms with van der Waals surface area (Å²) in [5.41, 5.74) is 11.1. The molecule has 0 fully saturated rings. The molecule has 0 amide bonds. The molecule has 0 aliphatic carbocycles. The Morgan fingerprint density at radius 1 is 1.19 bits per heavy atom. The Bertz CT molecular complexity index is 805. The Morgan fingerprint density at radius 2 is 2.00 bits per heavy atom. The highest BCUT2D eigenvalue weighted by atomic mass is 15.2. The van der Waals surface area contributed by atoms with Gasteiger partial charge in [-0.2, -0.15) is 9.97 Å². The van der Waals surface area contributed by atoms with Crippen LogP contribution in [0, 0.1) is 13.8 Å². The van der Waals surface area contributed by atoms with Crippen molar-refractivity contribution in [2.45, 2.75) is 20.4 Å². The van der Waals surface area contributed by atoms with Gasteiger partial charge in [0.1, 0.15) is 5.52 Å². The summed E-state index contributed by atoms with van der Waals surface area (Å²) in [7, 11) is 1.87. The quantitative estimate of drug-likeness (QED) is 0.769. The summed E-state index contributed by atoms with van der Waals surface area (Å²) in [4.78, 5) is 12.9. The van der Waals surface area contributed by atoms with Crippen LogP contribution >= 0.6 is 0 Å². The number of aryl methyl sites for hydroxylation is 3. The fourth-order valence-corrected chi connectivity index (χ4v) is 2.26. The predicted octanol–water partition coefficient (Wildman–Crippen LogP) is 2.17. The number of nitrogens with zero attached hydrogens (tertiary/aromatic N) is 4. The first-order chi connectivity index (χ1) is 10.0. The molecule has 0 aliphatic heterocycles. The maximum atomic E-state index is 5.96. The van der Waals surface area contributed by atoms with Crippen LogP contribution in [0.2, 0.25) is 0 Å². The molecular formula is C15H18N6. The van der Waals surface area contributed by atoms with Crippen molar-refractivity contribution in [2.24, 2.45) is 7.05 Å². The van der Waals surface area contributed by atoms with Crippen LogP contribution in [0.3, 0.4) is 0 Å². The summed E-state index contributed by atoms with van der Waals surface area (Å²) >= 11 is 0. The van der Waals surface area contributed by atoms with E-state index in [0.29, 0.717) is 24.0 Å². The molecule has 0 aliphatic rings. The monoisotopic (exact) mass is 282 g/mol. The minimum Gasteiger partial charge on any atom is -0.382 e. The van der Waals surface area contributed by atoms with Crippen molar-refractivity contribution in [1.82, 2.24) is 19.5 Å². The van der Waals surface area contributed by atoms with Crippen LogP contribution in [0.15, 0.2) is 24.5 Å². The zero-order valence-corrected chi connectivity index (χ0v) is 12.4. The fraction of sp³-hybridized carbons (Fsp3) is 0.267. The number of imidazole rings is 1. The third kappa shape index (κ3) is 2.52. The number of nitrogens with two attached hydrogens (primary N) is 1. The van der Waals surface area contributed by atoms with Crippen molar-refractivity contribution >= 4 is 22.9 Å². The molecular weight excluding hydrogens is 264 g/mol. The summed E-state index contributed by atoms with van der Waals surface area (Å²) in [6, 6.07) is 6.37.